The lowest BCUT2D eigenvalue weighted by Crippen LogP contribution is -2.62. The van der Waals surface area contributed by atoms with Gasteiger partial charge < -0.3 is 19.9 Å². The van der Waals surface area contributed by atoms with E-state index in [1.807, 2.05) is 0 Å². The molecule has 34 heavy (non-hydrogen) atoms. The van der Waals surface area contributed by atoms with Crippen molar-refractivity contribution in [2.75, 3.05) is 34.0 Å². The molecule has 2 N–H and O–H groups in total. The van der Waals surface area contributed by atoms with Crippen LogP contribution in [0.5, 0.6) is 5.75 Å². The first-order valence-electron chi connectivity index (χ1n) is 11.4. The average Bonchev–Trinajstić information content (AvgIpc) is 3.33. The molecule has 3 saturated carbocycles. The fourth-order valence-corrected chi connectivity index (χ4v) is 8.03. The van der Waals surface area contributed by atoms with Crippen LogP contribution in [-0.4, -0.2) is 64.0 Å². The van der Waals surface area contributed by atoms with Crippen molar-refractivity contribution in [3.05, 3.63) is 29.6 Å². The van der Waals surface area contributed by atoms with Gasteiger partial charge in [-0.2, -0.15) is 5.26 Å². The van der Waals surface area contributed by atoms with Crippen LogP contribution >= 0.6 is 0 Å². The number of methoxy groups -OCH3 is 1. The molecule has 2 bridgehead atoms. The van der Waals surface area contributed by atoms with E-state index in [1.165, 1.54) is 32.4 Å². The molecule has 3 aliphatic carbocycles. The van der Waals surface area contributed by atoms with Gasteiger partial charge in [0.25, 0.3) is 0 Å². The number of benzene rings is 1. The quantitative estimate of drug-likeness (QED) is 0.641. The third kappa shape index (κ3) is 3.46. The fraction of sp³-hybridized carbons (Fsp3) is 0.652. The highest BCUT2D eigenvalue weighted by molar-refractivity contribution is 7.90. The van der Waals surface area contributed by atoms with Gasteiger partial charge in [0.1, 0.15) is 22.4 Å². The Labute approximate surface area is 198 Å². The van der Waals surface area contributed by atoms with Gasteiger partial charge in [-0.3, -0.25) is 0 Å². The van der Waals surface area contributed by atoms with E-state index in [2.05, 4.69) is 11.1 Å². The van der Waals surface area contributed by atoms with Gasteiger partial charge in [-0.1, -0.05) is 0 Å². The highest BCUT2D eigenvalue weighted by Crippen LogP contribution is 2.61. The number of nitriles is 1. The predicted molar refractivity (Wildman–Crippen MR) is 121 cm³/mol. The van der Waals surface area contributed by atoms with Crippen molar-refractivity contribution < 1.29 is 27.0 Å². The van der Waals surface area contributed by atoms with Crippen molar-refractivity contribution >= 4 is 16.0 Å². The Morgan fingerprint density at radius 2 is 2.15 bits per heavy atom. The normalized spacial score (nSPS) is 37.8. The van der Waals surface area contributed by atoms with Gasteiger partial charge in [0.2, 0.25) is 16.0 Å². The summed E-state index contributed by atoms with van der Waals surface area (Å²) in [5.74, 6) is 0.122. The van der Waals surface area contributed by atoms with Crippen molar-refractivity contribution in [2.24, 2.45) is 28.0 Å². The van der Waals surface area contributed by atoms with E-state index in [0.717, 1.165) is 23.6 Å². The zero-order valence-electron chi connectivity index (χ0n) is 19.2. The Bertz CT molecular complexity index is 1160. The van der Waals surface area contributed by atoms with Gasteiger partial charge >= 0.3 is 0 Å². The SMILES string of the molecule is COC[C@H]1C[C@@H]2[C@](c3cc(OCC45CC(C4)[C@H](C#N)C5)ccc3F)(CO1)N=C(N)N(C)S2(=O)=O. The molecule has 184 valence electrons. The average molecular weight is 493 g/mol. The summed E-state index contributed by atoms with van der Waals surface area (Å²) in [6.07, 6.45) is 2.36. The number of fused-ring (bicyclic) bond motifs is 2. The number of hydrogen-bond donors (Lipinski definition) is 1. The summed E-state index contributed by atoms with van der Waals surface area (Å²) in [6.45, 7) is 0.487. The molecule has 1 aromatic rings. The third-order valence-corrected chi connectivity index (χ3v) is 10.3. The molecule has 9 nitrogen and oxygen atoms in total. The van der Waals surface area contributed by atoms with Crippen LogP contribution in [0.2, 0.25) is 0 Å². The summed E-state index contributed by atoms with van der Waals surface area (Å²) in [6, 6.07) is 6.69. The van der Waals surface area contributed by atoms with Gasteiger partial charge in [-0.15, -0.1) is 0 Å². The van der Waals surface area contributed by atoms with Crippen LogP contribution in [0.4, 0.5) is 4.39 Å². The van der Waals surface area contributed by atoms with Crippen molar-refractivity contribution in [3.63, 3.8) is 0 Å². The van der Waals surface area contributed by atoms with Crippen LogP contribution in [0.1, 0.15) is 31.2 Å². The molecule has 11 heteroatoms. The Hall–Kier alpha value is -2.42. The van der Waals surface area contributed by atoms with Crippen molar-refractivity contribution in [1.82, 2.24) is 4.31 Å². The molecule has 4 atom stereocenters. The Kier molecular flexibility index (Phi) is 5.54. The van der Waals surface area contributed by atoms with Crippen LogP contribution in [0, 0.1) is 34.4 Å². The Balaban J connectivity index is 1.48. The van der Waals surface area contributed by atoms with Crippen molar-refractivity contribution in [3.8, 4) is 11.8 Å². The zero-order valence-corrected chi connectivity index (χ0v) is 20.1. The van der Waals surface area contributed by atoms with Crippen LogP contribution in [0.25, 0.3) is 0 Å². The van der Waals surface area contributed by atoms with Crippen LogP contribution in [0.3, 0.4) is 0 Å². The molecule has 5 aliphatic rings. The molecule has 0 radical (unpaired) electrons. The lowest BCUT2D eigenvalue weighted by Gasteiger charge is -2.47. The number of nitrogens with two attached hydrogens (primary N) is 1. The molecule has 0 amide bonds. The largest absolute Gasteiger partial charge is 0.493 e. The molecule has 2 heterocycles. The van der Waals surface area contributed by atoms with E-state index in [9.17, 15) is 13.7 Å². The van der Waals surface area contributed by atoms with Gasteiger partial charge in [0.05, 0.1) is 32.0 Å². The van der Waals surface area contributed by atoms with E-state index in [-0.39, 0.29) is 42.5 Å². The lowest BCUT2D eigenvalue weighted by molar-refractivity contribution is -0.0611. The van der Waals surface area contributed by atoms with E-state index in [4.69, 9.17) is 19.9 Å². The van der Waals surface area contributed by atoms with E-state index >= 15 is 4.39 Å². The molecule has 4 fully saturated rings. The van der Waals surface area contributed by atoms with Crippen LogP contribution in [-0.2, 0) is 25.0 Å². The molecule has 2 aliphatic heterocycles. The molecule has 1 saturated heterocycles. The minimum Gasteiger partial charge on any atom is -0.493 e. The highest BCUT2D eigenvalue weighted by Gasteiger charge is 2.58. The maximum Gasteiger partial charge on any atom is 0.243 e. The van der Waals surface area contributed by atoms with Crippen molar-refractivity contribution in [2.45, 2.75) is 42.6 Å². The molecular weight excluding hydrogens is 463 g/mol. The maximum absolute atomic E-state index is 15.3. The molecule has 0 spiro atoms. The number of nitrogens with zero attached hydrogens (tertiary/aromatic N) is 3. The number of guanidine groups is 1. The number of ether oxygens (including phenoxy) is 3. The van der Waals surface area contributed by atoms with Crippen LogP contribution < -0.4 is 10.5 Å². The van der Waals surface area contributed by atoms with Gasteiger partial charge in [-0.05, 0) is 49.8 Å². The van der Waals surface area contributed by atoms with Gasteiger partial charge in [-0.25, -0.2) is 22.1 Å². The first-order valence-corrected chi connectivity index (χ1v) is 12.9. The smallest absolute Gasteiger partial charge is 0.243 e. The summed E-state index contributed by atoms with van der Waals surface area (Å²) in [7, 11) is -1.08. The Morgan fingerprint density at radius 3 is 2.82 bits per heavy atom. The maximum atomic E-state index is 15.3. The summed E-state index contributed by atoms with van der Waals surface area (Å²) in [5.41, 5.74) is 4.52. The molecule has 0 unspecified atom stereocenters. The summed E-state index contributed by atoms with van der Waals surface area (Å²) < 4.78 is 60.1. The standard InChI is InChI=1S/C23H29FN4O5S/c1-28-21(26)27-23(13-33-17(11-31-2)6-20(23)34(28,29)30)18-5-16(3-4-19(18)24)32-12-22-7-14(8-22)15(9-22)10-25/h3-5,14-15,17,20H,6-9,11-13H2,1-2H3,(H2,26,27)/t14?,15-,17+,20+,22?,23+/m0/s1. The number of hydrogen-bond acceptors (Lipinski definition) is 8. The summed E-state index contributed by atoms with van der Waals surface area (Å²) >= 11 is 0. The van der Waals surface area contributed by atoms with Crippen molar-refractivity contribution in [1.29, 1.82) is 5.26 Å². The minimum absolute atomic E-state index is 0.0127. The second kappa shape index (κ2) is 8.07. The number of aliphatic imine (C=N–C) groups is 1. The van der Waals surface area contributed by atoms with Gasteiger partial charge in [0.15, 0.2) is 0 Å². The minimum atomic E-state index is -3.93. The second-order valence-corrected chi connectivity index (χ2v) is 12.2. The van der Waals surface area contributed by atoms with E-state index in [0.29, 0.717) is 18.3 Å². The lowest BCUT2D eigenvalue weighted by atomic mass is 9.70. The van der Waals surface area contributed by atoms with E-state index in [1.54, 1.807) is 0 Å². The number of rotatable bonds is 6. The summed E-state index contributed by atoms with van der Waals surface area (Å²) in [5, 5.41) is 8.21. The van der Waals surface area contributed by atoms with Gasteiger partial charge in [0, 0.05) is 31.1 Å². The monoisotopic (exact) mass is 492 g/mol. The highest BCUT2D eigenvalue weighted by atomic mass is 32.2. The molecular formula is C23H29FN4O5S. The number of sulfonamides is 1. The topological polar surface area (TPSA) is 127 Å². The fourth-order valence-electron chi connectivity index (χ4n) is 6.15. The molecule has 1 aromatic carbocycles. The zero-order chi connectivity index (χ0) is 24.3. The van der Waals surface area contributed by atoms with Crippen LogP contribution in [0.15, 0.2) is 23.2 Å². The second-order valence-electron chi connectivity index (χ2n) is 10.1. The molecule has 0 aromatic heterocycles. The first-order chi connectivity index (χ1) is 16.1. The number of halogens is 1. The predicted octanol–water partition coefficient (Wildman–Crippen LogP) is 1.73. The van der Waals surface area contributed by atoms with E-state index < -0.39 is 32.7 Å². The Morgan fingerprint density at radius 1 is 1.38 bits per heavy atom. The third-order valence-electron chi connectivity index (χ3n) is 8.01. The molecule has 6 rings (SSSR count). The first kappa shape index (κ1) is 23.3. The summed E-state index contributed by atoms with van der Waals surface area (Å²) in [4.78, 5) is 4.50.